The Morgan fingerprint density at radius 3 is 2.35 bits per heavy atom. The minimum absolute atomic E-state index is 0.0818. The van der Waals surface area contributed by atoms with Crippen LogP contribution < -0.4 is 16.5 Å². The molecule has 128 valence electrons. The van der Waals surface area contributed by atoms with E-state index in [-0.39, 0.29) is 5.43 Å². The van der Waals surface area contributed by atoms with E-state index >= 15 is 0 Å². The molecule has 0 fully saturated rings. The predicted molar refractivity (Wildman–Crippen MR) is 105 cm³/mol. The van der Waals surface area contributed by atoms with Gasteiger partial charge in [-0.3, -0.25) is 14.3 Å². The van der Waals surface area contributed by atoms with Gasteiger partial charge < -0.3 is 11.1 Å². The van der Waals surface area contributed by atoms with E-state index < -0.39 is 0 Å². The van der Waals surface area contributed by atoms with Crippen molar-refractivity contribution in [2.24, 2.45) is 5.73 Å². The average molecular weight is 342 g/mol. The van der Waals surface area contributed by atoms with Crippen LogP contribution in [0.2, 0.25) is 0 Å². The Hall–Kier alpha value is -3.44. The lowest BCUT2D eigenvalue weighted by atomic mass is 10.2. The summed E-state index contributed by atoms with van der Waals surface area (Å²) in [6.07, 6.45) is 1.60. The summed E-state index contributed by atoms with van der Waals surface area (Å²) in [6, 6.07) is 23.2. The first-order valence-electron chi connectivity index (χ1n) is 8.38. The van der Waals surface area contributed by atoms with E-state index in [2.05, 4.69) is 10.3 Å². The molecule has 0 unspecified atom stereocenters. The molecule has 0 aliphatic rings. The Balaban J connectivity index is 2.02. The SMILES string of the molecule is NCc1cc2c(cn1)c(=O)cc(Nc1ccccc1)n2-c1ccccc1. The second-order valence-electron chi connectivity index (χ2n) is 5.95. The highest BCUT2D eigenvalue weighted by Gasteiger charge is 2.12. The van der Waals surface area contributed by atoms with E-state index in [9.17, 15) is 4.79 Å². The lowest BCUT2D eigenvalue weighted by Crippen LogP contribution is -2.13. The second-order valence-corrected chi connectivity index (χ2v) is 5.95. The topological polar surface area (TPSA) is 72.9 Å². The van der Waals surface area contributed by atoms with Crippen LogP contribution in [-0.2, 0) is 6.54 Å². The molecule has 0 saturated heterocycles. The lowest BCUT2D eigenvalue weighted by molar-refractivity contribution is 0.988. The van der Waals surface area contributed by atoms with Gasteiger partial charge in [0.05, 0.1) is 16.6 Å². The highest BCUT2D eigenvalue weighted by molar-refractivity contribution is 5.83. The number of anilines is 2. The van der Waals surface area contributed by atoms with Gasteiger partial charge in [-0.25, -0.2) is 0 Å². The first-order valence-corrected chi connectivity index (χ1v) is 8.38. The van der Waals surface area contributed by atoms with Crippen LogP contribution in [0, 0.1) is 0 Å². The zero-order valence-corrected chi connectivity index (χ0v) is 14.1. The molecule has 0 atom stereocenters. The van der Waals surface area contributed by atoms with Crippen molar-refractivity contribution < 1.29 is 0 Å². The third-order valence-corrected chi connectivity index (χ3v) is 4.22. The van der Waals surface area contributed by atoms with Crippen molar-refractivity contribution in [2.75, 3.05) is 5.32 Å². The second kappa shape index (κ2) is 6.82. The van der Waals surface area contributed by atoms with Gasteiger partial charge in [0.15, 0.2) is 5.43 Å². The molecule has 5 nitrogen and oxygen atoms in total. The number of hydrogen-bond acceptors (Lipinski definition) is 4. The molecule has 0 amide bonds. The van der Waals surface area contributed by atoms with Crippen LogP contribution in [-0.4, -0.2) is 9.55 Å². The van der Waals surface area contributed by atoms with Gasteiger partial charge in [-0.15, -0.1) is 0 Å². The molecule has 5 heteroatoms. The maximum atomic E-state index is 12.6. The molecule has 2 aromatic heterocycles. The van der Waals surface area contributed by atoms with Crippen LogP contribution in [0.1, 0.15) is 5.69 Å². The molecular formula is C21H18N4O. The quantitative estimate of drug-likeness (QED) is 0.594. The van der Waals surface area contributed by atoms with Gasteiger partial charge in [0.25, 0.3) is 0 Å². The number of hydrogen-bond donors (Lipinski definition) is 2. The minimum Gasteiger partial charge on any atom is -0.341 e. The predicted octanol–water partition coefficient (Wildman–Crippen LogP) is 3.59. The van der Waals surface area contributed by atoms with E-state index in [1.54, 1.807) is 12.3 Å². The summed E-state index contributed by atoms with van der Waals surface area (Å²) < 4.78 is 2.02. The Labute approximate surface area is 150 Å². The van der Waals surface area contributed by atoms with E-state index in [1.165, 1.54) is 0 Å². The monoisotopic (exact) mass is 342 g/mol. The summed E-state index contributed by atoms with van der Waals surface area (Å²) in [5.74, 6) is 0.689. The molecule has 4 rings (SSSR count). The number of pyridine rings is 2. The van der Waals surface area contributed by atoms with E-state index in [0.717, 1.165) is 22.6 Å². The number of nitrogens with zero attached hydrogens (tertiary/aromatic N) is 2. The van der Waals surface area contributed by atoms with Crippen molar-refractivity contribution >= 4 is 22.4 Å². The highest BCUT2D eigenvalue weighted by Crippen LogP contribution is 2.25. The fourth-order valence-electron chi connectivity index (χ4n) is 2.99. The van der Waals surface area contributed by atoms with Gasteiger partial charge in [0.2, 0.25) is 0 Å². The number of fused-ring (bicyclic) bond motifs is 1. The number of rotatable bonds is 4. The standard InChI is InChI=1S/C21H18N4O/c22-13-16-11-19-18(14-23-16)20(26)12-21(24-15-7-3-1-4-8-15)25(19)17-9-5-2-6-10-17/h1-12,14,24H,13,22H2. The van der Waals surface area contributed by atoms with Crippen LogP contribution in [0.25, 0.3) is 16.6 Å². The normalized spacial score (nSPS) is 10.8. The Morgan fingerprint density at radius 2 is 1.65 bits per heavy atom. The van der Waals surface area contributed by atoms with Crippen molar-refractivity contribution in [3.05, 3.63) is 94.9 Å². The van der Waals surface area contributed by atoms with E-state index in [4.69, 9.17) is 5.73 Å². The molecule has 0 spiro atoms. The summed E-state index contributed by atoms with van der Waals surface area (Å²) in [7, 11) is 0. The average Bonchev–Trinajstić information content (AvgIpc) is 2.69. The lowest BCUT2D eigenvalue weighted by Gasteiger charge is -2.18. The fraction of sp³-hybridized carbons (Fsp3) is 0.0476. The number of nitrogens with two attached hydrogens (primary N) is 1. The van der Waals surface area contributed by atoms with Crippen molar-refractivity contribution in [1.82, 2.24) is 9.55 Å². The maximum Gasteiger partial charge on any atom is 0.193 e. The summed E-state index contributed by atoms with van der Waals surface area (Å²) >= 11 is 0. The van der Waals surface area contributed by atoms with Gasteiger partial charge in [-0.2, -0.15) is 0 Å². The van der Waals surface area contributed by atoms with E-state index in [1.807, 2.05) is 71.3 Å². The van der Waals surface area contributed by atoms with Crippen molar-refractivity contribution in [2.45, 2.75) is 6.54 Å². The van der Waals surface area contributed by atoms with Gasteiger partial charge >= 0.3 is 0 Å². The van der Waals surface area contributed by atoms with E-state index in [0.29, 0.717) is 17.7 Å². The zero-order valence-electron chi connectivity index (χ0n) is 14.1. The van der Waals surface area contributed by atoms with Crippen LogP contribution in [0.4, 0.5) is 11.5 Å². The number of benzene rings is 2. The first kappa shape index (κ1) is 16.1. The zero-order chi connectivity index (χ0) is 17.9. The summed E-state index contributed by atoms with van der Waals surface area (Å²) in [5.41, 5.74) is 9.05. The molecule has 2 aromatic carbocycles. The van der Waals surface area contributed by atoms with Gasteiger partial charge in [0.1, 0.15) is 5.82 Å². The highest BCUT2D eigenvalue weighted by atomic mass is 16.1. The fourth-order valence-corrected chi connectivity index (χ4v) is 2.99. The largest absolute Gasteiger partial charge is 0.341 e. The van der Waals surface area contributed by atoms with Gasteiger partial charge in [0, 0.05) is 30.2 Å². The number of aromatic nitrogens is 2. The Morgan fingerprint density at radius 1 is 0.962 bits per heavy atom. The van der Waals surface area contributed by atoms with Crippen molar-refractivity contribution in [1.29, 1.82) is 0 Å². The minimum atomic E-state index is -0.0818. The van der Waals surface area contributed by atoms with Gasteiger partial charge in [-0.1, -0.05) is 36.4 Å². The summed E-state index contributed by atoms with van der Waals surface area (Å²) in [4.78, 5) is 16.9. The molecular weight excluding hydrogens is 324 g/mol. The number of para-hydroxylation sites is 2. The molecule has 0 bridgehead atoms. The molecule has 0 aliphatic carbocycles. The van der Waals surface area contributed by atoms with Crippen LogP contribution in [0.5, 0.6) is 0 Å². The van der Waals surface area contributed by atoms with Crippen molar-refractivity contribution in [3.8, 4) is 5.69 Å². The Kier molecular flexibility index (Phi) is 4.21. The van der Waals surface area contributed by atoms with Gasteiger partial charge in [-0.05, 0) is 30.3 Å². The molecule has 2 heterocycles. The van der Waals surface area contributed by atoms with Crippen LogP contribution >= 0.6 is 0 Å². The third kappa shape index (κ3) is 2.96. The summed E-state index contributed by atoms with van der Waals surface area (Å²) in [6.45, 7) is 0.315. The Bertz CT molecular complexity index is 1110. The molecule has 26 heavy (non-hydrogen) atoms. The maximum absolute atomic E-state index is 12.6. The molecule has 0 aliphatic heterocycles. The van der Waals surface area contributed by atoms with Crippen LogP contribution in [0.3, 0.4) is 0 Å². The molecule has 0 saturated carbocycles. The molecule has 3 N–H and O–H groups in total. The van der Waals surface area contributed by atoms with Crippen molar-refractivity contribution in [3.63, 3.8) is 0 Å². The first-order chi connectivity index (χ1) is 12.8. The molecule has 4 aromatic rings. The number of nitrogens with one attached hydrogen (secondary N) is 1. The van der Waals surface area contributed by atoms with Crippen LogP contribution in [0.15, 0.2) is 83.8 Å². The summed E-state index contributed by atoms with van der Waals surface area (Å²) in [5, 5.41) is 3.91. The third-order valence-electron chi connectivity index (χ3n) is 4.22. The smallest absolute Gasteiger partial charge is 0.193 e. The molecule has 0 radical (unpaired) electrons.